The summed E-state index contributed by atoms with van der Waals surface area (Å²) < 4.78 is 0. The maximum atomic E-state index is 12.8. The number of carbonyl (C=O) groups excluding carboxylic acids is 2. The minimum absolute atomic E-state index is 0.0283. The number of fused-ring (bicyclic) bond motifs is 2. The first kappa shape index (κ1) is 20.8. The first-order valence-corrected chi connectivity index (χ1v) is 11.3. The van der Waals surface area contributed by atoms with Crippen LogP contribution in [0.4, 0.5) is 5.13 Å². The summed E-state index contributed by atoms with van der Waals surface area (Å²) in [6.45, 7) is 5.51. The van der Waals surface area contributed by atoms with Crippen molar-refractivity contribution in [2.45, 2.75) is 77.4 Å². The van der Waals surface area contributed by atoms with Gasteiger partial charge in [0, 0.05) is 35.6 Å². The number of nitrogens with one attached hydrogen (secondary N) is 2. The summed E-state index contributed by atoms with van der Waals surface area (Å²) in [5.74, 6) is -0.206. The van der Waals surface area contributed by atoms with Gasteiger partial charge < -0.3 is 20.8 Å². The van der Waals surface area contributed by atoms with E-state index in [-0.39, 0.29) is 35.7 Å². The maximum absolute atomic E-state index is 12.8. The zero-order valence-corrected chi connectivity index (χ0v) is 18.1. The quantitative estimate of drug-likeness (QED) is 0.582. The van der Waals surface area contributed by atoms with Gasteiger partial charge in [0.25, 0.3) is 0 Å². The molecule has 0 aliphatic heterocycles. The first-order valence-electron chi connectivity index (χ1n) is 10.5. The lowest BCUT2D eigenvalue weighted by atomic mass is 9.47. The predicted molar refractivity (Wildman–Crippen MR) is 111 cm³/mol. The summed E-state index contributed by atoms with van der Waals surface area (Å²) in [4.78, 5) is 30.1. The molecular formula is C21H31N3O4S. The van der Waals surface area contributed by atoms with Crippen LogP contribution in [0.1, 0.15) is 69.4 Å². The van der Waals surface area contributed by atoms with Gasteiger partial charge in [0.15, 0.2) is 5.13 Å². The van der Waals surface area contributed by atoms with Crippen LogP contribution in [0.5, 0.6) is 0 Å². The zero-order valence-electron chi connectivity index (χ0n) is 17.3. The average Bonchev–Trinajstić information content (AvgIpc) is 3.37. The lowest BCUT2D eigenvalue weighted by Crippen LogP contribution is -2.57. The average molecular weight is 422 g/mol. The highest BCUT2D eigenvalue weighted by Gasteiger charge is 2.59. The van der Waals surface area contributed by atoms with Crippen LogP contribution < -0.4 is 10.6 Å². The number of amides is 2. The number of thiazole rings is 1. The fourth-order valence-electron chi connectivity index (χ4n) is 5.55. The fourth-order valence-corrected chi connectivity index (χ4v) is 6.66. The molecule has 4 N–H and O–H groups in total. The van der Waals surface area contributed by atoms with Crippen LogP contribution >= 0.6 is 11.3 Å². The number of aromatic nitrogens is 1. The van der Waals surface area contributed by atoms with E-state index in [1.165, 1.54) is 18.3 Å². The van der Waals surface area contributed by atoms with Crippen LogP contribution in [0.15, 0.2) is 0 Å². The van der Waals surface area contributed by atoms with Gasteiger partial charge in [0.05, 0.1) is 18.4 Å². The number of hydrogen-bond donors (Lipinski definition) is 4. The molecule has 3 aliphatic rings. The summed E-state index contributed by atoms with van der Waals surface area (Å²) >= 11 is 1.45. The fraction of sp³-hybridized carbons (Fsp3) is 0.762. The number of rotatable bonds is 5. The van der Waals surface area contributed by atoms with Gasteiger partial charge in [-0.15, -0.1) is 11.3 Å². The molecule has 0 unspecified atom stereocenters. The summed E-state index contributed by atoms with van der Waals surface area (Å²) in [6, 6.07) is 0.301. The van der Waals surface area contributed by atoms with E-state index in [1.54, 1.807) is 0 Å². The molecular weight excluding hydrogens is 390 g/mol. The highest BCUT2D eigenvalue weighted by Crippen LogP contribution is 2.62. The molecule has 0 aromatic carbocycles. The van der Waals surface area contributed by atoms with Gasteiger partial charge in [-0.25, -0.2) is 4.98 Å². The summed E-state index contributed by atoms with van der Waals surface area (Å²) in [5.41, 5.74) is 0.0142. The Morgan fingerprint density at radius 3 is 2.62 bits per heavy atom. The Balaban J connectivity index is 1.74. The highest BCUT2D eigenvalue weighted by atomic mass is 32.1. The molecule has 0 bridgehead atoms. The van der Waals surface area contributed by atoms with Gasteiger partial charge >= 0.3 is 0 Å². The molecule has 29 heavy (non-hydrogen) atoms. The van der Waals surface area contributed by atoms with Crippen molar-refractivity contribution >= 4 is 28.3 Å². The van der Waals surface area contributed by atoms with Crippen molar-refractivity contribution in [1.29, 1.82) is 0 Å². The molecule has 5 atom stereocenters. The molecule has 0 spiro atoms. The Hall–Kier alpha value is -1.51. The molecule has 1 aromatic heterocycles. The van der Waals surface area contributed by atoms with E-state index < -0.39 is 11.5 Å². The lowest BCUT2D eigenvalue weighted by molar-refractivity contribution is -0.144. The van der Waals surface area contributed by atoms with Crippen molar-refractivity contribution in [3.63, 3.8) is 0 Å². The molecule has 8 heteroatoms. The van der Waals surface area contributed by atoms with Gasteiger partial charge in [-0.05, 0) is 43.4 Å². The van der Waals surface area contributed by atoms with E-state index in [4.69, 9.17) is 4.98 Å². The molecule has 4 rings (SSSR count). The maximum Gasteiger partial charge on any atom is 0.223 e. The Kier molecular flexibility index (Phi) is 5.24. The topological polar surface area (TPSA) is 112 Å². The van der Waals surface area contributed by atoms with E-state index in [0.717, 1.165) is 29.8 Å². The van der Waals surface area contributed by atoms with Crippen LogP contribution in [0.2, 0.25) is 0 Å². The Morgan fingerprint density at radius 2 is 2.00 bits per heavy atom. The number of nitrogens with zero attached hydrogens (tertiary/aromatic N) is 1. The smallest absolute Gasteiger partial charge is 0.223 e. The monoisotopic (exact) mass is 421 g/mol. The van der Waals surface area contributed by atoms with Crippen molar-refractivity contribution < 1.29 is 19.8 Å². The molecule has 1 heterocycles. The largest absolute Gasteiger partial charge is 0.396 e. The molecule has 3 aliphatic carbocycles. The van der Waals surface area contributed by atoms with E-state index in [1.807, 2.05) is 6.92 Å². The Morgan fingerprint density at radius 1 is 1.28 bits per heavy atom. The molecule has 2 fully saturated rings. The van der Waals surface area contributed by atoms with Crippen molar-refractivity contribution in [1.82, 2.24) is 10.3 Å². The Bertz CT molecular complexity index is 823. The standard InChI is InChI=1S/C21H31N3O4S/c1-11(26)22-19-24-18-13(8-17(28)23-12-4-5-12)20(2)7-6-16(27)21(3,10-25)15(20)9-14(18)29-19/h12-13,15-16,25,27H,4-10H2,1-3H3,(H,23,28)(H,22,24,26)/t13-,15+,16-,20+,21+/m1/s1. The summed E-state index contributed by atoms with van der Waals surface area (Å²) in [5, 5.41) is 27.4. The minimum atomic E-state index is -0.631. The van der Waals surface area contributed by atoms with Crippen LogP contribution in [0, 0.1) is 16.7 Å². The van der Waals surface area contributed by atoms with Crippen LogP contribution in [-0.2, 0) is 16.0 Å². The van der Waals surface area contributed by atoms with E-state index >= 15 is 0 Å². The third-order valence-corrected chi connectivity index (χ3v) is 8.52. The van der Waals surface area contributed by atoms with Crippen LogP contribution in [-0.4, -0.2) is 45.8 Å². The second-order valence-corrected chi connectivity index (χ2v) is 10.7. The van der Waals surface area contributed by atoms with Gasteiger partial charge in [-0.3, -0.25) is 9.59 Å². The molecule has 7 nitrogen and oxygen atoms in total. The van der Waals surface area contributed by atoms with Crippen molar-refractivity contribution in [3.8, 4) is 0 Å². The molecule has 2 amide bonds. The van der Waals surface area contributed by atoms with E-state index in [9.17, 15) is 19.8 Å². The minimum Gasteiger partial charge on any atom is -0.396 e. The van der Waals surface area contributed by atoms with Crippen molar-refractivity contribution in [2.24, 2.45) is 16.7 Å². The number of hydrogen-bond acceptors (Lipinski definition) is 6. The summed E-state index contributed by atoms with van der Waals surface area (Å²) in [6.07, 6.45) is 3.93. The summed E-state index contributed by atoms with van der Waals surface area (Å²) in [7, 11) is 0. The molecule has 160 valence electrons. The SMILES string of the molecule is CC(=O)Nc1nc2c(s1)C[C@@H]1[C@](C)(CO)[C@H](O)CC[C@@]1(C)[C@@H]2CC(=O)NC1CC1. The number of aliphatic hydroxyl groups is 2. The second kappa shape index (κ2) is 7.32. The normalized spacial score (nSPS) is 36.1. The van der Waals surface area contributed by atoms with Gasteiger partial charge in [0.1, 0.15) is 0 Å². The number of anilines is 1. The third kappa shape index (κ3) is 3.59. The predicted octanol–water partition coefficient (Wildman–Crippen LogP) is 2.19. The number of aliphatic hydroxyl groups excluding tert-OH is 2. The highest BCUT2D eigenvalue weighted by molar-refractivity contribution is 7.15. The van der Waals surface area contributed by atoms with E-state index in [2.05, 4.69) is 17.6 Å². The molecule has 0 saturated heterocycles. The molecule has 2 saturated carbocycles. The van der Waals surface area contributed by atoms with Gasteiger partial charge in [0.2, 0.25) is 11.8 Å². The van der Waals surface area contributed by atoms with Gasteiger partial charge in [-0.2, -0.15) is 0 Å². The second-order valence-electron chi connectivity index (χ2n) is 9.59. The molecule has 1 aromatic rings. The molecule has 0 radical (unpaired) electrons. The van der Waals surface area contributed by atoms with Crippen molar-refractivity contribution in [3.05, 3.63) is 10.6 Å². The third-order valence-electron chi connectivity index (χ3n) is 7.51. The van der Waals surface area contributed by atoms with E-state index in [0.29, 0.717) is 30.4 Å². The number of carbonyl (C=O) groups is 2. The van der Waals surface area contributed by atoms with Crippen LogP contribution in [0.25, 0.3) is 0 Å². The lowest BCUT2D eigenvalue weighted by Gasteiger charge is -2.58. The van der Waals surface area contributed by atoms with Crippen molar-refractivity contribution in [2.75, 3.05) is 11.9 Å². The Labute approximate surface area is 175 Å². The first-order chi connectivity index (χ1) is 13.7. The zero-order chi connectivity index (χ0) is 21.0. The van der Waals surface area contributed by atoms with Crippen LogP contribution in [0.3, 0.4) is 0 Å². The van der Waals surface area contributed by atoms with Gasteiger partial charge in [-0.1, -0.05) is 13.8 Å².